The van der Waals surface area contributed by atoms with E-state index in [1.807, 2.05) is 0 Å². The summed E-state index contributed by atoms with van der Waals surface area (Å²) in [5.74, 6) is -1.28. The lowest BCUT2D eigenvalue weighted by Gasteiger charge is -1.93. The minimum atomic E-state index is -1.28. The van der Waals surface area contributed by atoms with E-state index in [0.717, 1.165) is 0 Å². The van der Waals surface area contributed by atoms with Gasteiger partial charge in [0.25, 0.3) is 0 Å². The van der Waals surface area contributed by atoms with Crippen molar-refractivity contribution in [3.63, 3.8) is 0 Å². The maximum atomic E-state index is 10.5. The molecule has 1 heterocycles. The molecule has 1 aromatic heterocycles. The summed E-state index contributed by atoms with van der Waals surface area (Å²) in [6.07, 6.45) is 1.20. The minimum Gasteiger partial charge on any atom is -0.477 e. The second-order valence-corrected chi connectivity index (χ2v) is 3.12. The van der Waals surface area contributed by atoms with Crippen LogP contribution in [-0.2, 0) is 11.8 Å². The maximum Gasteiger partial charge on any atom is 0.346 e. The number of nitriles is 1. The number of aliphatic carboxylic acids is 1. The Morgan fingerprint density at radius 3 is 2.79 bits per heavy atom. The number of rotatable bonds is 2. The molecule has 1 aromatic rings. The fourth-order valence-corrected chi connectivity index (χ4v) is 1.21. The van der Waals surface area contributed by atoms with Crippen LogP contribution in [0, 0.1) is 11.3 Å². The molecule has 1 N–H and O–H groups in total. The molecule has 0 saturated heterocycles. The Labute approximate surface area is 87.6 Å². The topological polar surface area (TPSA) is 91.8 Å². The van der Waals surface area contributed by atoms with Crippen molar-refractivity contribution in [2.45, 2.75) is 0 Å². The Kier molecular flexibility index (Phi) is 2.99. The van der Waals surface area contributed by atoms with E-state index in [2.05, 4.69) is 26.2 Å². The van der Waals surface area contributed by atoms with Gasteiger partial charge in [-0.1, -0.05) is 5.21 Å². The molecule has 6 nitrogen and oxygen atoms in total. The van der Waals surface area contributed by atoms with Gasteiger partial charge in [0, 0.05) is 7.05 Å². The molecule has 0 unspecified atom stereocenters. The number of aromatic nitrogens is 3. The molecule has 0 spiro atoms. The van der Waals surface area contributed by atoms with Crippen molar-refractivity contribution in [1.29, 1.82) is 5.26 Å². The Morgan fingerprint density at radius 2 is 2.43 bits per heavy atom. The van der Waals surface area contributed by atoms with Gasteiger partial charge >= 0.3 is 5.97 Å². The third-order valence-electron chi connectivity index (χ3n) is 1.46. The molecule has 0 aromatic carbocycles. The molecule has 0 atom stereocenters. The van der Waals surface area contributed by atoms with Crippen LogP contribution in [0.15, 0.2) is 10.2 Å². The van der Waals surface area contributed by atoms with E-state index in [4.69, 9.17) is 10.4 Å². The lowest BCUT2D eigenvalue weighted by Crippen LogP contribution is -2.00. The first-order valence-electron chi connectivity index (χ1n) is 3.46. The number of hydrogen-bond donors (Lipinski definition) is 1. The Bertz CT molecular complexity index is 424. The van der Waals surface area contributed by atoms with Gasteiger partial charge in [-0.15, -0.1) is 5.10 Å². The van der Waals surface area contributed by atoms with Crippen LogP contribution in [0.1, 0.15) is 5.69 Å². The fourth-order valence-electron chi connectivity index (χ4n) is 0.771. The largest absolute Gasteiger partial charge is 0.477 e. The highest BCUT2D eigenvalue weighted by Gasteiger charge is 2.10. The van der Waals surface area contributed by atoms with Crippen LogP contribution in [0.5, 0.6) is 0 Å². The van der Waals surface area contributed by atoms with Gasteiger partial charge < -0.3 is 5.11 Å². The second-order valence-electron chi connectivity index (χ2n) is 2.36. The molecule has 0 radical (unpaired) electrons. The first-order valence-corrected chi connectivity index (χ1v) is 4.26. The number of hydrogen-bond acceptors (Lipinski definition) is 4. The van der Waals surface area contributed by atoms with E-state index in [1.165, 1.54) is 10.8 Å². The van der Waals surface area contributed by atoms with E-state index in [9.17, 15) is 4.79 Å². The predicted octanol–water partition coefficient (Wildman–Crippen LogP) is 0.569. The average molecular weight is 257 g/mol. The smallest absolute Gasteiger partial charge is 0.346 e. The van der Waals surface area contributed by atoms with Crippen LogP contribution < -0.4 is 0 Å². The fraction of sp³-hybridized carbons (Fsp3) is 0.143. The molecule has 0 fully saturated rings. The molecule has 0 aliphatic carbocycles. The van der Waals surface area contributed by atoms with Gasteiger partial charge in [-0.05, 0) is 22.0 Å². The molecular weight excluding hydrogens is 252 g/mol. The van der Waals surface area contributed by atoms with Crippen LogP contribution in [0.4, 0.5) is 0 Å². The van der Waals surface area contributed by atoms with Gasteiger partial charge in [0.05, 0.1) is 5.69 Å². The second kappa shape index (κ2) is 4.02. The normalized spacial score (nSPS) is 11.1. The van der Waals surface area contributed by atoms with Crippen molar-refractivity contribution in [1.82, 2.24) is 15.0 Å². The Morgan fingerprint density at radius 1 is 1.79 bits per heavy atom. The lowest BCUT2D eigenvalue weighted by molar-refractivity contribution is -0.132. The molecule has 0 amide bonds. The molecule has 0 saturated carbocycles. The maximum absolute atomic E-state index is 10.5. The summed E-state index contributed by atoms with van der Waals surface area (Å²) in [5.41, 5.74) is 0.0695. The van der Waals surface area contributed by atoms with Gasteiger partial charge in [0.1, 0.15) is 11.6 Å². The third kappa shape index (κ3) is 1.97. The zero-order chi connectivity index (χ0) is 10.7. The summed E-state index contributed by atoms with van der Waals surface area (Å²) in [6, 6.07) is 1.57. The molecule has 0 aliphatic heterocycles. The van der Waals surface area contributed by atoms with Crippen molar-refractivity contribution in [2.75, 3.05) is 0 Å². The lowest BCUT2D eigenvalue weighted by atomic mass is 10.2. The van der Waals surface area contributed by atoms with Gasteiger partial charge in [-0.2, -0.15) is 5.26 Å². The quantitative estimate of drug-likeness (QED) is 0.617. The summed E-state index contributed by atoms with van der Waals surface area (Å²) in [5, 5.41) is 24.4. The van der Waals surface area contributed by atoms with E-state index < -0.39 is 5.97 Å². The first-order chi connectivity index (χ1) is 6.56. The zero-order valence-corrected chi connectivity index (χ0v) is 8.69. The molecule has 1 rings (SSSR count). The average Bonchev–Trinajstić information content (AvgIpc) is 2.43. The van der Waals surface area contributed by atoms with Crippen molar-refractivity contribution < 1.29 is 9.90 Å². The van der Waals surface area contributed by atoms with Gasteiger partial charge in [-0.25, -0.2) is 9.48 Å². The molecule has 14 heavy (non-hydrogen) atoms. The van der Waals surface area contributed by atoms with Crippen LogP contribution in [0.25, 0.3) is 6.08 Å². The summed E-state index contributed by atoms with van der Waals surface area (Å²) in [6.45, 7) is 0. The third-order valence-corrected chi connectivity index (χ3v) is 2.02. The predicted molar refractivity (Wildman–Crippen MR) is 49.9 cm³/mol. The number of carbonyl (C=O) groups is 1. The highest BCUT2D eigenvalue weighted by molar-refractivity contribution is 9.10. The van der Waals surface area contributed by atoms with Crippen LogP contribution in [0.3, 0.4) is 0 Å². The van der Waals surface area contributed by atoms with Crippen molar-refractivity contribution in [3.8, 4) is 6.07 Å². The monoisotopic (exact) mass is 256 g/mol. The van der Waals surface area contributed by atoms with E-state index >= 15 is 0 Å². The van der Waals surface area contributed by atoms with Crippen molar-refractivity contribution in [2.24, 2.45) is 7.05 Å². The van der Waals surface area contributed by atoms with Gasteiger partial charge in [-0.3, -0.25) is 0 Å². The standard InChI is InChI=1S/C7H5BrN4O2/c1-12-5(6(8)10-11-12)2-4(3-9)7(13)14/h2H,1H3,(H,13,14)/b4-2-. The highest BCUT2D eigenvalue weighted by atomic mass is 79.9. The summed E-state index contributed by atoms with van der Waals surface area (Å²) in [4.78, 5) is 10.5. The van der Waals surface area contributed by atoms with Gasteiger partial charge in [0.2, 0.25) is 0 Å². The van der Waals surface area contributed by atoms with Crippen LogP contribution in [-0.4, -0.2) is 26.1 Å². The van der Waals surface area contributed by atoms with Crippen LogP contribution >= 0.6 is 15.9 Å². The molecular formula is C7H5BrN4O2. The number of aryl methyl sites for hydroxylation is 1. The van der Waals surface area contributed by atoms with Crippen LogP contribution in [0.2, 0.25) is 0 Å². The zero-order valence-electron chi connectivity index (χ0n) is 7.10. The highest BCUT2D eigenvalue weighted by Crippen LogP contribution is 2.15. The van der Waals surface area contributed by atoms with E-state index in [0.29, 0.717) is 10.3 Å². The number of carboxylic acids is 1. The number of nitrogens with zero attached hydrogens (tertiary/aromatic N) is 4. The van der Waals surface area contributed by atoms with Crippen molar-refractivity contribution >= 4 is 28.0 Å². The molecule has 72 valence electrons. The molecule has 0 aliphatic rings. The van der Waals surface area contributed by atoms with E-state index in [1.54, 1.807) is 13.1 Å². The summed E-state index contributed by atoms with van der Waals surface area (Å²) >= 11 is 3.08. The van der Waals surface area contributed by atoms with Gasteiger partial charge in [0.15, 0.2) is 4.60 Å². The Balaban J connectivity index is 3.20. The molecule has 0 bridgehead atoms. The number of carboxylic acid groups (broad SMARTS) is 1. The van der Waals surface area contributed by atoms with Crippen molar-refractivity contribution in [3.05, 3.63) is 15.9 Å². The molecule has 7 heteroatoms. The first kappa shape index (κ1) is 10.4. The summed E-state index contributed by atoms with van der Waals surface area (Å²) < 4.78 is 1.76. The Hall–Kier alpha value is -1.68. The SMILES string of the molecule is Cn1nnc(Br)c1/C=C(/C#N)C(=O)O. The number of halogens is 1. The summed E-state index contributed by atoms with van der Waals surface area (Å²) in [7, 11) is 1.60. The van der Waals surface area contributed by atoms with E-state index in [-0.39, 0.29) is 5.57 Å². The minimum absolute atomic E-state index is 0.365.